The molecular weight excluding hydrogens is 398 g/mol. The lowest BCUT2D eigenvalue weighted by molar-refractivity contribution is -0.116. The smallest absolute Gasteiger partial charge is 0.227 e. The van der Waals surface area contributed by atoms with Gasteiger partial charge in [0.25, 0.3) is 0 Å². The molecular formula is C19H18BrN3O3. The number of benzene rings is 2. The van der Waals surface area contributed by atoms with Gasteiger partial charge in [-0.25, -0.2) is 0 Å². The maximum absolute atomic E-state index is 12.2. The van der Waals surface area contributed by atoms with Crippen LogP contribution < -0.4 is 10.1 Å². The van der Waals surface area contributed by atoms with Crippen LogP contribution in [0, 0.1) is 0 Å². The van der Waals surface area contributed by atoms with Gasteiger partial charge in [-0.15, -0.1) is 0 Å². The minimum atomic E-state index is -0.138. The number of nitrogens with zero attached hydrogens (tertiary/aromatic N) is 2. The molecule has 26 heavy (non-hydrogen) atoms. The minimum Gasteiger partial charge on any atom is -0.492 e. The van der Waals surface area contributed by atoms with E-state index in [1.54, 1.807) is 6.07 Å². The van der Waals surface area contributed by atoms with Crippen molar-refractivity contribution in [3.8, 4) is 17.1 Å². The standard InChI is InChI=1S/C19H18BrN3O3/c1-2-25-16-6-4-3-5-15(16)21-17(24)11-12-18-22-19(23-26-18)13-7-9-14(20)10-8-13/h3-10H,2,11-12H2,1H3,(H,21,24). The molecule has 1 heterocycles. The molecule has 0 unspecified atom stereocenters. The number of para-hydroxylation sites is 2. The van der Waals surface area contributed by atoms with Gasteiger partial charge in [-0.3, -0.25) is 4.79 Å². The topological polar surface area (TPSA) is 77.2 Å². The molecule has 134 valence electrons. The Bertz CT molecular complexity index is 878. The lowest BCUT2D eigenvalue weighted by atomic mass is 10.2. The fraction of sp³-hybridized carbons (Fsp3) is 0.211. The molecule has 0 bridgehead atoms. The Morgan fingerprint density at radius 2 is 1.96 bits per heavy atom. The summed E-state index contributed by atoms with van der Waals surface area (Å²) in [6, 6.07) is 15.0. The van der Waals surface area contributed by atoms with Crippen LogP contribution in [0.15, 0.2) is 57.5 Å². The zero-order chi connectivity index (χ0) is 18.4. The third-order valence-electron chi connectivity index (χ3n) is 3.60. The molecule has 7 heteroatoms. The van der Waals surface area contributed by atoms with Gasteiger partial charge in [0.05, 0.1) is 12.3 Å². The highest BCUT2D eigenvalue weighted by molar-refractivity contribution is 9.10. The molecule has 1 amide bonds. The van der Waals surface area contributed by atoms with Gasteiger partial charge >= 0.3 is 0 Å². The van der Waals surface area contributed by atoms with Crippen LogP contribution in [0.1, 0.15) is 19.2 Å². The summed E-state index contributed by atoms with van der Waals surface area (Å²) in [4.78, 5) is 16.5. The number of anilines is 1. The Hall–Kier alpha value is -2.67. The molecule has 0 aliphatic rings. The summed E-state index contributed by atoms with van der Waals surface area (Å²) < 4.78 is 11.7. The van der Waals surface area contributed by atoms with E-state index in [0.717, 1.165) is 10.0 Å². The molecule has 3 aromatic rings. The van der Waals surface area contributed by atoms with Crippen molar-refractivity contribution in [2.24, 2.45) is 0 Å². The number of carbonyl (C=O) groups excluding carboxylic acids is 1. The summed E-state index contributed by atoms with van der Waals surface area (Å²) >= 11 is 3.39. The van der Waals surface area contributed by atoms with Gasteiger partial charge in [-0.2, -0.15) is 4.98 Å². The highest BCUT2D eigenvalue weighted by Crippen LogP contribution is 2.24. The van der Waals surface area contributed by atoms with Crippen LogP contribution in [-0.4, -0.2) is 22.7 Å². The SMILES string of the molecule is CCOc1ccccc1NC(=O)CCc1nc(-c2ccc(Br)cc2)no1. The monoisotopic (exact) mass is 415 g/mol. The largest absolute Gasteiger partial charge is 0.492 e. The molecule has 0 atom stereocenters. The van der Waals surface area contributed by atoms with Crippen LogP contribution in [-0.2, 0) is 11.2 Å². The van der Waals surface area contributed by atoms with Crippen molar-refractivity contribution in [3.05, 3.63) is 58.9 Å². The Morgan fingerprint density at radius 3 is 2.73 bits per heavy atom. The molecule has 1 aromatic heterocycles. The molecule has 0 aliphatic heterocycles. The number of amides is 1. The number of carbonyl (C=O) groups is 1. The van der Waals surface area contributed by atoms with E-state index in [0.29, 0.717) is 36.2 Å². The average molecular weight is 416 g/mol. The molecule has 2 aromatic carbocycles. The van der Waals surface area contributed by atoms with Crippen LogP contribution in [0.5, 0.6) is 5.75 Å². The summed E-state index contributed by atoms with van der Waals surface area (Å²) in [6.45, 7) is 2.44. The number of aryl methyl sites for hydroxylation is 1. The molecule has 1 N–H and O–H groups in total. The summed E-state index contributed by atoms with van der Waals surface area (Å²) in [7, 11) is 0. The maximum atomic E-state index is 12.2. The average Bonchev–Trinajstić information content (AvgIpc) is 3.11. The van der Waals surface area contributed by atoms with E-state index in [9.17, 15) is 4.79 Å². The lowest BCUT2D eigenvalue weighted by Crippen LogP contribution is -2.13. The number of halogens is 1. The van der Waals surface area contributed by atoms with E-state index in [2.05, 4.69) is 31.4 Å². The third-order valence-corrected chi connectivity index (χ3v) is 4.13. The Balaban J connectivity index is 1.58. The van der Waals surface area contributed by atoms with Crippen LogP contribution in [0.2, 0.25) is 0 Å². The maximum Gasteiger partial charge on any atom is 0.227 e. The van der Waals surface area contributed by atoms with Gasteiger partial charge in [0.15, 0.2) is 0 Å². The first-order chi connectivity index (χ1) is 12.7. The number of nitrogens with one attached hydrogen (secondary N) is 1. The lowest BCUT2D eigenvalue weighted by Gasteiger charge is -2.10. The van der Waals surface area contributed by atoms with E-state index in [1.807, 2.05) is 49.4 Å². The quantitative estimate of drug-likeness (QED) is 0.615. The van der Waals surface area contributed by atoms with Gasteiger partial charge in [0, 0.05) is 22.9 Å². The third kappa shape index (κ3) is 4.70. The van der Waals surface area contributed by atoms with E-state index in [4.69, 9.17) is 9.26 Å². The van der Waals surface area contributed by atoms with Gasteiger partial charge in [-0.1, -0.05) is 33.2 Å². The van der Waals surface area contributed by atoms with Crippen molar-refractivity contribution < 1.29 is 14.1 Å². The van der Waals surface area contributed by atoms with Crippen molar-refractivity contribution in [2.45, 2.75) is 19.8 Å². The summed E-state index contributed by atoms with van der Waals surface area (Å²) in [5, 5.41) is 6.81. The zero-order valence-electron chi connectivity index (χ0n) is 14.2. The van der Waals surface area contributed by atoms with Gasteiger partial charge in [-0.05, 0) is 43.3 Å². The number of aromatic nitrogens is 2. The predicted molar refractivity (Wildman–Crippen MR) is 102 cm³/mol. The second-order valence-electron chi connectivity index (χ2n) is 5.50. The first-order valence-corrected chi connectivity index (χ1v) is 9.05. The van der Waals surface area contributed by atoms with Crippen LogP contribution in [0.4, 0.5) is 5.69 Å². The van der Waals surface area contributed by atoms with Gasteiger partial charge in [0.1, 0.15) is 5.75 Å². The Kier molecular flexibility index (Phi) is 6.01. The molecule has 0 spiro atoms. The molecule has 0 saturated heterocycles. The number of hydrogen-bond acceptors (Lipinski definition) is 5. The van der Waals surface area contributed by atoms with Crippen LogP contribution in [0.3, 0.4) is 0 Å². The Morgan fingerprint density at radius 1 is 1.19 bits per heavy atom. The van der Waals surface area contributed by atoms with Gasteiger partial charge < -0.3 is 14.6 Å². The summed E-state index contributed by atoms with van der Waals surface area (Å²) in [5.41, 5.74) is 1.51. The van der Waals surface area contributed by atoms with Crippen LogP contribution >= 0.6 is 15.9 Å². The highest BCUT2D eigenvalue weighted by Gasteiger charge is 2.12. The van der Waals surface area contributed by atoms with Crippen molar-refractivity contribution in [2.75, 3.05) is 11.9 Å². The van der Waals surface area contributed by atoms with Crippen molar-refractivity contribution in [3.63, 3.8) is 0 Å². The van der Waals surface area contributed by atoms with Gasteiger partial charge in [0.2, 0.25) is 17.6 Å². The first-order valence-electron chi connectivity index (χ1n) is 8.26. The molecule has 0 fully saturated rings. The number of rotatable bonds is 7. The first kappa shape index (κ1) is 18.1. The summed E-state index contributed by atoms with van der Waals surface area (Å²) in [5.74, 6) is 1.45. The minimum absolute atomic E-state index is 0.138. The fourth-order valence-electron chi connectivity index (χ4n) is 2.36. The normalized spacial score (nSPS) is 10.5. The number of hydrogen-bond donors (Lipinski definition) is 1. The predicted octanol–water partition coefficient (Wildman–Crippen LogP) is 4.47. The van der Waals surface area contributed by atoms with E-state index < -0.39 is 0 Å². The molecule has 0 aliphatic carbocycles. The van der Waals surface area contributed by atoms with Crippen molar-refractivity contribution in [1.29, 1.82) is 0 Å². The second-order valence-corrected chi connectivity index (χ2v) is 6.41. The number of ether oxygens (including phenoxy) is 1. The molecule has 6 nitrogen and oxygen atoms in total. The van der Waals surface area contributed by atoms with E-state index in [-0.39, 0.29) is 12.3 Å². The van der Waals surface area contributed by atoms with E-state index >= 15 is 0 Å². The van der Waals surface area contributed by atoms with Crippen molar-refractivity contribution >= 4 is 27.5 Å². The van der Waals surface area contributed by atoms with Crippen molar-refractivity contribution in [1.82, 2.24) is 10.1 Å². The second kappa shape index (κ2) is 8.62. The molecule has 3 rings (SSSR count). The fourth-order valence-corrected chi connectivity index (χ4v) is 2.62. The van der Waals surface area contributed by atoms with E-state index in [1.165, 1.54) is 0 Å². The molecule has 0 saturated carbocycles. The highest BCUT2D eigenvalue weighted by atomic mass is 79.9. The molecule has 0 radical (unpaired) electrons. The van der Waals surface area contributed by atoms with Crippen LogP contribution in [0.25, 0.3) is 11.4 Å². The Labute approximate surface area is 159 Å². The summed E-state index contributed by atoms with van der Waals surface area (Å²) in [6.07, 6.45) is 0.606. The zero-order valence-corrected chi connectivity index (χ0v) is 15.8.